The molecule has 0 radical (unpaired) electrons. The number of ether oxygens (including phenoxy) is 2. The van der Waals surface area contributed by atoms with E-state index in [-0.39, 0.29) is 12.0 Å². The molecule has 1 aliphatic heterocycles. The van der Waals surface area contributed by atoms with Crippen molar-refractivity contribution in [3.05, 3.63) is 93.5 Å². The average Bonchev–Trinajstić information content (AvgIpc) is 3.19. The van der Waals surface area contributed by atoms with Gasteiger partial charge in [-0.15, -0.1) is 0 Å². The van der Waals surface area contributed by atoms with E-state index in [1.165, 1.54) is 0 Å². The van der Waals surface area contributed by atoms with Crippen LogP contribution in [0.5, 0.6) is 11.5 Å². The molecule has 0 aliphatic carbocycles. The van der Waals surface area contributed by atoms with Crippen molar-refractivity contribution in [1.29, 1.82) is 0 Å². The van der Waals surface area contributed by atoms with Gasteiger partial charge in [-0.25, -0.2) is 4.79 Å². The second-order valence-corrected chi connectivity index (χ2v) is 11.2. The fourth-order valence-corrected chi connectivity index (χ4v) is 5.48. The van der Waals surface area contributed by atoms with Gasteiger partial charge in [0.05, 0.1) is 25.4 Å². The van der Waals surface area contributed by atoms with Crippen molar-refractivity contribution in [3.63, 3.8) is 0 Å². The van der Waals surface area contributed by atoms with E-state index in [9.17, 15) is 9.90 Å². The van der Waals surface area contributed by atoms with E-state index in [4.69, 9.17) is 32.7 Å². The van der Waals surface area contributed by atoms with E-state index >= 15 is 0 Å². The van der Waals surface area contributed by atoms with Crippen LogP contribution in [0.2, 0.25) is 10.0 Å². The number of benzene rings is 3. The third-order valence-corrected chi connectivity index (χ3v) is 7.22. The van der Waals surface area contributed by atoms with Crippen LogP contribution in [0.1, 0.15) is 56.6 Å². The lowest BCUT2D eigenvalue weighted by Crippen LogP contribution is -2.49. The smallest absolute Gasteiger partial charge is 0.330 e. The molecule has 0 aromatic heterocycles. The molecule has 0 saturated carbocycles. The number of nitrogens with one attached hydrogen (secondary N) is 1. The van der Waals surface area contributed by atoms with Gasteiger partial charge < -0.3 is 14.6 Å². The third-order valence-electron chi connectivity index (χ3n) is 6.71. The molecule has 2 N–H and O–H groups in total. The Bertz CT molecular complexity index is 1260. The molecule has 0 amide bonds. The highest BCUT2D eigenvalue weighted by Crippen LogP contribution is 2.52. The summed E-state index contributed by atoms with van der Waals surface area (Å²) in [5.41, 5.74) is 0.774. The summed E-state index contributed by atoms with van der Waals surface area (Å²) in [5.74, 6) is 0.555. The number of halogens is 2. The molecule has 0 bridgehead atoms. The Labute approximate surface area is 234 Å². The summed E-state index contributed by atoms with van der Waals surface area (Å²) in [4.78, 5) is 15.6. The monoisotopic (exact) mass is 556 g/mol. The van der Waals surface area contributed by atoms with Crippen molar-refractivity contribution in [2.24, 2.45) is 5.92 Å². The molecule has 3 aromatic rings. The number of nitrogens with zero attached hydrogens (tertiary/aromatic N) is 1. The van der Waals surface area contributed by atoms with Crippen molar-refractivity contribution in [2.45, 2.75) is 51.5 Å². The summed E-state index contributed by atoms with van der Waals surface area (Å²) in [6.07, 6.45) is -0.571. The van der Waals surface area contributed by atoms with Gasteiger partial charge in [-0.05, 0) is 67.3 Å². The maximum absolute atomic E-state index is 13.4. The lowest BCUT2D eigenvalue weighted by Gasteiger charge is -2.36. The summed E-state index contributed by atoms with van der Waals surface area (Å²) in [6.45, 7) is 8.80. The zero-order valence-corrected chi connectivity index (χ0v) is 23.8. The molecule has 202 valence electrons. The second-order valence-electron chi connectivity index (χ2n) is 10.3. The number of carboxylic acids is 1. The zero-order chi connectivity index (χ0) is 27.6. The summed E-state index contributed by atoms with van der Waals surface area (Å²) in [5, 5.41) is 15.7. The first-order valence-electron chi connectivity index (χ1n) is 12.7. The summed E-state index contributed by atoms with van der Waals surface area (Å²) >= 11 is 12.5. The van der Waals surface area contributed by atoms with Crippen LogP contribution in [0.3, 0.4) is 0 Å². The standard InChI is InChI=1S/C30H34Cl2N2O4/c1-18(2)17-34-27(20-6-10-22(31)11-7-20)30(29(35)36,21-8-12-23(32)13-9-21)33-28(34)25-15-14-24(37-5)16-26(25)38-19(3)4/h6-16,18-19,27-28,33H,17H2,1-5H3,(H,35,36)/t27-,28-,30?/m0/s1. The molecule has 4 rings (SSSR count). The summed E-state index contributed by atoms with van der Waals surface area (Å²) in [7, 11) is 1.61. The predicted octanol–water partition coefficient (Wildman–Crippen LogP) is 7.07. The first-order chi connectivity index (χ1) is 18.1. The van der Waals surface area contributed by atoms with E-state index in [1.807, 2.05) is 44.2 Å². The third kappa shape index (κ3) is 5.50. The average molecular weight is 558 g/mol. The summed E-state index contributed by atoms with van der Waals surface area (Å²) in [6, 6.07) is 19.5. The van der Waals surface area contributed by atoms with Crippen LogP contribution in [-0.4, -0.2) is 35.7 Å². The molecule has 1 fully saturated rings. The van der Waals surface area contributed by atoms with Gasteiger partial charge in [-0.2, -0.15) is 0 Å². The van der Waals surface area contributed by atoms with Gasteiger partial charge >= 0.3 is 5.97 Å². The first kappa shape index (κ1) is 28.2. The van der Waals surface area contributed by atoms with Gasteiger partial charge in [0, 0.05) is 28.2 Å². The molecule has 38 heavy (non-hydrogen) atoms. The van der Waals surface area contributed by atoms with Gasteiger partial charge in [0.2, 0.25) is 0 Å². The number of rotatable bonds is 9. The lowest BCUT2D eigenvalue weighted by molar-refractivity contribution is -0.146. The number of aliphatic carboxylic acids is 1. The van der Waals surface area contributed by atoms with Crippen LogP contribution >= 0.6 is 23.2 Å². The molecular formula is C30H34Cl2N2O4. The fourth-order valence-electron chi connectivity index (χ4n) is 5.23. The minimum atomic E-state index is -1.49. The Kier molecular flexibility index (Phi) is 8.58. The molecule has 3 atom stereocenters. The second kappa shape index (κ2) is 11.5. The van der Waals surface area contributed by atoms with E-state index in [0.717, 1.165) is 11.1 Å². The van der Waals surface area contributed by atoms with Crippen LogP contribution in [0, 0.1) is 5.92 Å². The maximum Gasteiger partial charge on any atom is 0.330 e. The highest BCUT2D eigenvalue weighted by Gasteiger charge is 2.59. The van der Waals surface area contributed by atoms with Gasteiger partial charge in [-0.1, -0.05) is 61.3 Å². The molecular weight excluding hydrogens is 523 g/mol. The van der Waals surface area contributed by atoms with Gasteiger partial charge in [0.25, 0.3) is 0 Å². The molecule has 1 heterocycles. The van der Waals surface area contributed by atoms with Gasteiger partial charge in [0.1, 0.15) is 11.5 Å². The Balaban J connectivity index is 2.00. The Morgan fingerprint density at radius 3 is 2.13 bits per heavy atom. The Hall–Kier alpha value is -2.77. The van der Waals surface area contributed by atoms with Crippen molar-refractivity contribution in [1.82, 2.24) is 10.2 Å². The van der Waals surface area contributed by atoms with Gasteiger partial charge in [0.15, 0.2) is 5.54 Å². The van der Waals surface area contributed by atoms with Crippen LogP contribution < -0.4 is 14.8 Å². The lowest BCUT2D eigenvalue weighted by atomic mass is 9.80. The SMILES string of the molecule is COc1ccc([C@H]2NC(C(=O)O)(c3ccc(Cl)cc3)[C@H](c3ccc(Cl)cc3)N2CC(C)C)c(OC(C)C)c1. The highest BCUT2D eigenvalue weighted by molar-refractivity contribution is 6.30. The predicted molar refractivity (Wildman–Crippen MR) is 151 cm³/mol. The molecule has 8 heteroatoms. The van der Waals surface area contributed by atoms with Crippen molar-refractivity contribution >= 4 is 29.2 Å². The van der Waals surface area contributed by atoms with Crippen molar-refractivity contribution < 1.29 is 19.4 Å². The molecule has 3 aromatic carbocycles. The van der Waals surface area contributed by atoms with E-state index in [2.05, 4.69) is 24.1 Å². The Morgan fingerprint density at radius 1 is 1.00 bits per heavy atom. The number of carbonyl (C=O) groups is 1. The van der Waals surface area contributed by atoms with Crippen LogP contribution in [0.15, 0.2) is 66.7 Å². The minimum Gasteiger partial charge on any atom is -0.497 e. The summed E-state index contributed by atoms with van der Waals surface area (Å²) < 4.78 is 11.7. The van der Waals surface area contributed by atoms with Crippen LogP contribution in [0.25, 0.3) is 0 Å². The van der Waals surface area contributed by atoms with Gasteiger partial charge in [-0.3, -0.25) is 10.2 Å². The van der Waals surface area contributed by atoms with Crippen molar-refractivity contribution in [3.8, 4) is 11.5 Å². The topological polar surface area (TPSA) is 71.0 Å². The highest BCUT2D eigenvalue weighted by atomic mass is 35.5. The fraction of sp³-hybridized carbons (Fsp3) is 0.367. The minimum absolute atomic E-state index is 0.0895. The quantitative estimate of drug-likeness (QED) is 0.293. The number of methoxy groups -OCH3 is 1. The molecule has 1 aliphatic rings. The van der Waals surface area contributed by atoms with Crippen molar-refractivity contribution in [2.75, 3.05) is 13.7 Å². The van der Waals surface area contributed by atoms with E-state index in [0.29, 0.717) is 33.7 Å². The molecule has 0 spiro atoms. The normalized spacial score (nSPS) is 21.7. The zero-order valence-electron chi connectivity index (χ0n) is 22.2. The molecule has 6 nitrogen and oxygen atoms in total. The first-order valence-corrected chi connectivity index (χ1v) is 13.4. The molecule has 1 unspecified atom stereocenters. The largest absolute Gasteiger partial charge is 0.497 e. The number of hydrogen-bond donors (Lipinski definition) is 2. The van der Waals surface area contributed by atoms with E-state index in [1.54, 1.807) is 43.5 Å². The molecule has 1 saturated heterocycles. The van der Waals surface area contributed by atoms with Crippen LogP contribution in [-0.2, 0) is 10.3 Å². The maximum atomic E-state index is 13.4. The number of carboxylic acid groups (broad SMARTS) is 1. The Morgan fingerprint density at radius 2 is 1.61 bits per heavy atom. The number of hydrogen-bond acceptors (Lipinski definition) is 5. The van der Waals surface area contributed by atoms with E-state index < -0.39 is 23.7 Å². The van der Waals surface area contributed by atoms with Crippen LogP contribution in [0.4, 0.5) is 0 Å².